The highest BCUT2D eigenvalue weighted by Gasteiger charge is 2.26. The van der Waals surface area contributed by atoms with E-state index in [9.17, 15) is 5.11 Å². The van der Waals surface area contributed by atoms with E-state index in [0.29, 0.717) is 5.92 Å². The third kappa shape index (κ3) is 2.01. The average Bonchev–Trinajstić information content (AvgIpc) is 2.91. The number of fused-ring (bicyclic) bond motifs is 1. The molecular weight excluding hydrogens is 210 g/mol. The fourth-order valence-electron chi connectivity index (χ4n) is 2.78. The van der Waals surface area contributed by atoms with Crippen molar-refractivity contribution in [2.24, 2.45) is 5.92 Å². The number of aliphatic hydroxyl groups excluding tert-OH is 1. The Morgan fingerprint density at radius 2 is 1.94 bits per heavy atom. The van der Waals surface area contributed by atoms with E-state index in [0.717, 1.165) is 25.0 Å². The smallest absolute Gasteiger partial charge is 0.0968 e. The molecule has 17 heavy (non-hydrogen) atoms. The molecule has 1 aromatic carbocycles. The molecule has 0 bridgehead atoms. The van der Waals surface area contributed by atoms with Gasteiger partial charge in [0.15, 0.2) is 0 Å². The maximum Gasteiger partial charge on any atom is 0.0968 e. The molecule has 2 heteroatoms. The molecule has 0 spiro atoms. The number of aliphatic hydroxyl groups is 1. The van der Waals surface area contributed by atoms with E-state index in [1.807, 2.05) is 18.3 Å². The van der Waals surface area contributed by atoms with E-state index >= 15 is 0 Å². The maximum absolute atomic E-state index is 10.3. The Labute approximate surface area is 101 Å². The lowest BCUT2D eigenvalue weighted by atomic mass is 9.80. The van der Waals surface area contributed by atoms with Crippen molar-refractivity contribution in [1.82, 2.24) is 4.98 Å². The number of H-pyrrole nitrogens is 1. The van der Waals surface area contributed by atoms with Crippen molar-refractivity contribution < 1.29 is 5.11 Å². The predicted molar refractivity (Wildman–Crippen MR) is 67.7 cm³/mol. The van der Waals surface area contributed by atoms with Gasteiger partial charge in [-0.05, 0) is 48.4 Å². The van der Waals surface area contributed by atoms with Gasteiger partial charge >= 0.3 is 0 Å². The zero-order valence-corrected chi connectivity index (χ0v) is 9.76. The van der Waals surface area contributed by atoms with Crippen LogP contribution in [0.25, 0.3) is 0 Å². The highest BCUT2D eigenvalue weighted by atomic mass is 16.3. The van der Waals surface area contributed by atoms with E-state index < -0.39 is 0 Å². The quantitative estimate of drug-likeness (QED) is 0.813. The van der Waals surface area contributed by atoms with Gasteiger partial charge in [0.1, 0.15) is 0 Å². The molecule has 0 amide bonds. The third-order valence-electron chi connectivity index (χ3n) is 3.77. The van der Waals surface area contributed by atoms with Crippen LogP contribution >= 0.6 is 0 Å². The molecule has 1 heterocycles. The number of hydrogen-bond donors (Lipinski definition) is 2. The SMILES string of the molecule is OC(c1ccc[nH]1)C1CCc2ccccc2C1. The van der Waals surface area contributed by atoms with Crippen molar-refractivity contribution in [2.45, 2.75) is 25.4 Å². The minimum atomic E-state index is -0.363. The van der Waals surface area contributed by atoms with Crippen LogP contribution in [-0.4, -0.2) is 10.1 Å². The van der Waals surface area contributed by atoms with Crippen LogP contribution in [0.5, 0.6) is 0 Å². The second-order valence-electron chi connectivity index (χ2n) is 4.84. The standard InChI is InChI=1S/C15H17NO/c17-15(14-6-3-9-16-14)13-8-7-11-4-1-2-5-12(11)10-13/h1-6,9,13,15-17H,7-8,10H2. The normalized spacial score (nSPS) is 20.9. The summed E-state index contributed by atoms with van der Waals surface area (Å²) in [4.78, 5) is 3.11. The van der Waals surface area contributed by atoms with Crippen molar-refractivity contribution in [1.29, 1.82) is 0 Å². The Bertz CT molecular complexity index is 489. The molecule has 0 aliphatic heterocycles. The summed E-state index contributed by atoms with van der Waals surface area (Å²) in [5.74, 6) is 0.337. The summed E-state index contributed by atoms with van der Waals surface area (Å²) in [6.45, 7) is 0. The number of aromatic amines is 1. The van der Waals surface area contributed by atoms with Gasteiger partial charge in [0.2, 0.25) is 0 Å². The van der Waals surface area contributed by atoms with Crippen molar-refractivity contribution in [2.75, 3.05) is 0 Å². The molecule has 0 fully saturated rings. The summed E-state index contributed by atoms with van der Waals surface area (Å²) in [5.41, 5.74) is 3.78. The number of aromatic nitrogens is 1. The fraction of sp³-hybridized carbons (Fsp3) is 0.333. The Morgan fingerprint density at radius 3 is 2.71 bits per heavy atom. The minimum Gasteiger partial charge on any atom is -0.387 e. The molecule has 0 saturated carbocycles. The van der Waals surface area contributed by atoms with Gasteiger partial charge in [-0.3, -0.25) is 0 Å². The van der Waals surface area contributed by atoms with E-state index in [2.05, 4.69) is 29.2 Å². The lowest BCUT2D eigenvalue weighted by molar-refractivity contribution is 0.0960. The van der Waals surface area contributed by atoms with E-state index in [4.69, 9.17) is 0 Å². The molecule has 88 valence electrons. The lowest BCUT2D eigenvalue weighted by Gasteiger charge is -2.28. The van der Waals surface area contributed by atoms with Gasteiger partial charge in [-0.15, -0.1) is 0 Å². The average molecular weight is 227 g/mol. The summed E-state index contributed by atoms with van der Waals surface area (Å²) in [6.07, 6.45) is 4.64. The molecule has 2 aromatic rings. The first-order chi connectivity index (χ1) is 8.34. The Balaban J connectivity index is 1.80. The van der Waals surface area contributed by atoms with E-state index in [1.54, 1.807) is 0 Å². The van der Waals surface area contributed by atoms with Gasteiger partial charge in [-0.25, -0.2) is 0 Å². The van der Waals surface area contributed by atoms with E-state index in [-0.39, 0.29) is 6.10 Å². The van der Waals surface area contributed by atoms with Crippen LogP contribution in [0.2, 0.25) is 0 Å². The highest BCUT2D eigenvalue weighted by Crippen LogP contribution is 2.33. The Kier molecular flexibility index (Phi) is 2.73. The first-order valence-electron chi connectivity index (χ1n) is 6.23. The van der Waals surface area contributed by atoms with Crippen molar-refractivity contribution in [3.63, 3.8) is 0 Å². The second-order valence-corrected chi connectivity index (χ2v) is 4.84. The number of rotatable bonds is 2. The Morgan fingerprint density at radius 1 is 1.12 bits per heavy atom. The van der Waals surface area contributed by atoms with Gasteiger partial charge in [0.25, 0.3) is 0 Å². The largest absolute Gasteiger partial charge is 0.387 e. The number of hydrogen-bond acceptors (Lipinski definition) is 1. The zero-order valence-electron chi connectivity index (χ0n) is 9.76. The molecule has 1 aliphatic carbocycles. The Hall–Kier alpha value is -1.54. The van der Waals surface area contributed by atoms with Crippen molar-refractivity contribution >= 4 is 0 Å². The van der Waals surface area contributed by atoms with Crippen LogP contribution in [-0.2, 0) is 12.8 Å². The predicted octanol–water partition coefficient (Wildman–Crippen LogP) is 2.85. The fourth-order valence-corrected chi connectivity index (χ4v) is 2.78. The van der Waals surface area contributed by atoms with Crippen molar-refractivity contribution in [3.05, 3.63) is 59.4 Å². The summed E-state index contributed by atoms with van der Waals surface area (Å²) >= 11 is 0. The monoisotopic (exact) mass is 227 g/mol. The number of benzene rings is 1. The topological polar surface area (TPSA) is 36.0 Å². The van der Waals surface area contributed by atoms with Gasteiger partial charge in [0, 0.05) is 11.9 Å². The summed E-state index contributed by atoms with van der Waals surface area (Å²) in [5, 5.41) is 10.3. The molecule has 0 radical (unpaired) electrons. The van der Waals surface area contributed by atoms with Crippen LogP contribution in [0.4, 0.5) is 0 Å². The third-order valence-corrected chi connectivity index (χ3v) is 3.77. The summed E-state index contributed by atoms with van der Waals surface area (Å²) in [6, 6.07) is 12.5. The van der Waals surface area contributed by atoms with Gasteiger partial charge in [0.05, 0.1) is 6.10 Å². The van der Waals surface area contributed by atoms with Gasteiger partial charge in [-0.2, -0.15) is 0 Å². The van der Waals surface area contributed by atoms with Crippen LogP contribution in [0.3, 0.4) is 0 Å². The van der Waals surface area contributed by atoms with Gasteiger partial charge < -0.3 is 10.1 Å². The second kappa shape index (κ2) is 4.38. The molecule has 2 unspecified atom stereocenters. The van der Waals surface area contributed by atoms with Crippen LogP contribution in [0.15, 0.2) is 42.6 Å². The molecule has 2 N–H and O–H groups in total. The molecule has 1 aromatic heterocycles. The molecule has 2 nitrogen and oxygen atoms in total. The molecule has 1 aliphatic rings. The molecule has 3 rings (SSSR count). The summed E-state index contributed by atoms with van der Waals surface area (Å²) < 4.78 is 0. The first kappa shape index (κ1) is 10.6. The maximum atomic E-state index is 10.3. The number of aryl methyl sites for hydroxylation is 1. The highest BCUT2D eigenvalue weighted by molar-refractivity contribution is 5.30. The number of nitrogens with one attached hydrogen (secondary N) is 1. The lowest BCUT2D eigenvalue weighted by Crippen LogP contribution is -2.21. The van der Waals surface area contributed by atoms with E-state index in [1.165, 1.54) is 11.1 Å². The summed E-state index contributed by atoms with van der Waals surface area (Å²) in [7, 11) is 0. The van der Waals surface area contributed by atoms with Gasteiger partial charge in [-0.1, -0.05) is 24.3 Å². The molecule has 2 atom stereocenters. The minimum absolute atomic E-state index is 0.337. The zero-order chi connectivity index (χ0) is 11.7. The first-order valence-corrected chi connectivity index (χ1v) is 6.23. The van der Waals surface area contributed by atoms with Crippen LogP contribution in [0.1, 0.15) is 29.3 Å². The molecule has 0 saturated heterocycles. The van der Waals surface area contributed by atoms with Crippen molar-refractivity contribution in [3.8, 4) is 0 Å². The van der Waals surface area contributed by atoms with Crippen LogP contribution < -0.4 is 0 Å². The molecular formula is C15H17NO. The van der Waals surface area contributed by atoms with Crippen LogP contribution in [0, 0.1) is 5.92 Å².